The largest absolute Gasteiger partial charge is 0.426 e. The summed E-state index contributed by atoms with van der Waals surface area (Å²) >= 11 is 0. The predicted octanol–water partition coefficient (Wildman–Crippen LogP) is 2.91. The molecule has 1 aromatic heterocycles. The van der Waals surface area contributed by atoms with Crippen LogP contribution in [-0.4, -0.2) is 28.2 Å². The summed E-state index contributed by atoms with van der Waals surface area (Å²) in [5.41, 5.74) is -0.457. The quantitative estimate of drug-likeness (QED) is 0.440. The lowest BCUT2D eigenvalue weighted by atomic mass is 9.85. The van der Waals surface area contributed by atoms with Crippen LogP contribution in [0.15, 0.2) is 30.5 Å². The first-order valence-electron chi connectivity index (χ1n) is 9.75. The molecular formula is C24H23FN2O4. The van der Waals surface area contributed by atoms with Crippen LogP contribution in [0.4, 0.5) is 4.39 Å². The Balaban J connectivity index is 1.73. The van der Waals surface area contributed by atoms with Crippen LogP contribution >= 0.6 is 0 Å². The predicted molar refractivity (Wildman–Crippen MR) is 112 cm³/mol. The number of halogens is 1. The summed E-state index contributed by atoms with van der Waals surface area (Å²) < 4.78 is 19.8. The Kier molecular flexibility index (Phi) is 5.68. The molecule has 31 heavy (non-hydrogen) atoms. The minimum atomic E-state index is -0.930. The number of fused-ring (bicyclic) bond motifs is 1. The molecule has 0 aliphatic carbocycles. The number of ketones is 1. The molecule has 0 atom stereocenters. The Bertz CT molecular complexity index is 1130. The van der Waals surface area contributed by atoms with E-state index in [-0.39, 0.29) is 35.6 Å². The van der Waals surface area contributed by atoms with Crippen molar-refractivity contribution in [2.45, 2.75) is 51.5 Å². The molecule has 7 heteroatoms. The van der Waals surface area contributed by atoms with Crippen molar-refractivity contribution < 1.29 is 23.5 Å². The number of pyridine rings is 1. The number of Topliss-reactive ketones (excluding diaryl/α,β-unsaturated/α-hetero) is 1. The maximum atomic E-state index is 14.6. The van der Waals surface area contributed by atoms with Crippen molar-refractivity contribution in [3.8, 4) is 18.1 Å². The summed E-state index contributed by atoms with van der Waals surface area (Å²) in [6, 6.07) is 5.78. The lowest BCUT2D eigenvalue weighted by Gasteiger charge is -2.19. The van der Waals surface area contributed by atoms with E-state index in [0.29, 0.717) is 11.1 Å². The van der Waals surface area contributed by atoms with Crippen molar-refractivity contribution >= 4 is 17.7 Å². The summed E-state index contributed by atoms with van der Waals surface area (Å²) in [7, 11) is 0. The summed E-state index contributed by atoms with van der Waals surface area (Å²) in [6.07, 6.45) is 6.62. The Labute approximate surface area is 180 Å². The number of carbonyl (C=O) groups excluding carboxylic acids is 3. The van der Waals surface area contributed by atoms with Gasteiger partial charge >= 0.3 is 5.97 Å². The summed E-state index contributed by atoms with van der Waals surface area (Å²) in [5.74, 6) is 1.01. The monoisotopic (exact) mass is 422 g/mol. The van der Waals surface area contributed by atoms with E-state index in [1.54, 1.807) is 33.8 Å². The highest BCUT2D eigenvalue weighted by molar-refractivity contribution is 5.93. The number of terminal acetylenes is 1. The zero-order chi connectivity index (χ0) is 23.0. The van der Waals surface area contributed by atoms with Gasteiger partial charge in [0, 0.05) is 24.6 Å². The van der Waals surface area contributed by atoms with E-state index in [1.165, 1.54) is 24.4 Å². The van der Waals surface area contributed by atoms with Crippen molar-refractivity contribution in [1.82, 2.24) is 10.3 Å². The van der Waals surface area contributed by atoms with Crippen molar-refractivity contribution in [3.63, 3.8) is 0 Å². The van der Waals surface area contributed by atoms with Crippen molar-refractivity contribution in [2.24, 2.45) is 0 Å². The SMILES string of the molecule is C#CC(C)(C)NC(=O)c1cc(CC(=O)Cc2cc3c(cc2F)C(C)(C)C(=O)O3)ccn1. The van der Waals surface area contributed by atoms with Gasteiger partial charge in [-0.2, -0.15) is 0 Å². The fourth-order valence-corrected chi connectivity index (χ4v) is 3.24. The van der Waals surface area contributed by atoms with Gasteiger partial charge < -0.3 is 10.1 Å². The number of hydrogen-bond donors (Lipinski definition) is 1. The molecule has 1 aliphatic rings. The minimum absolute atomic E-state index is 0.0108. The zero-order valence-electron chi connectivity index (χ0n) is 17.8. The first-order valence-corrected chi connectivity index (χ1v) is 9.75. The lowest BCUT2D eigenvalue weighted by molar-refractivity contribution is -0.137. The third kappa shape index (κ3) is 4.64. The van der Waals surface area contributed by atoms with E-state index < -0.39 is 28.6 Å². The van der Waals surface area contributed by atoms with Gasteiger partial charge in [0.15, 0.2) is 0 Å². The Morgan fingerprint density at radius 1 is 1.26 bits per heavy atom. The second-order valence-electron chi connectivity index (χ2n) is 8.62. The molecule has 2 heterocycles. The topological polar surface area (TPSA) is 85.4 Å². The van der Waals surface area contributed by atoms with E-state index in [9.17, 15) is 18.8 Å². The molecule has 6 nitrogen and oxygen atoms in total. The minimum Gasteiger partial charge on any atom is -0.426 e. The van der Waals surface area contributed by atoms with E-state index in [4.69, 9.17) is 11.2 Å². The summed E-state index contributed by atoms with van der Waals surface area (Å²) in [5, 5.41) is 2.67. The smallest absolute Gasteiger partial charge is 0.321 e. The maximum absolute atomic E-state index is 14.6. The van der Waals surface area contributed by atoms with Crippen LogP contribution in [0.1, 0.15) is 54.9 Å². The number of benzene rings is 1. The van der Waals surface area contributed by atoms with Gasteiger partial charge in [-0.1, -0.05) is 5.92 Å². The number of hydrogen-bond acceptors (Lipinski definition) is 5. The third-order valence-electron chi connectivity index (χ3n) is 5.17. The number of amides is 1. The van der Waals surface area contributed by atoms with Crippen LogP contribution in [0, 0.1) is 18.2 Å². The van der Waals surface area contributed by atoms with Gasteiger partial charge in [0.25, 0.3) is 5.91 Å². The van der Waals surface area contributed by atoms with Crippen LogP contribution in [0.25, 0.3) is 0 Å². The van der Waals surface area contributed by atoms with Crippen LogP contribution in [0.5, 0.6) is 5.75 Å². The highest BCUT2D eigenvalue weighted by Gasteiger charge is 2.41. The standard InChI is InChI=1S/C24H23FN2O4/c1-6-23(2,3)27-21(29)19-10-14(7-8-26-19)9-16(28)11-15-12-20-17(13-18(15)25)24(4,5)22(30)31-20/h1,7-8,10,12-13H,9,11H2,2-5H3,(H,27,29). The molecule has 1 aliphatic heterocycles. The summed E-state index contributed by atoms with van der Waals surface area (Å²) in [6.45, 7) is 6.68. The highest BCUT2D eigenvalue weighted by Crippen LogP contribution is 2.40. The van der Waals surface area contributed by atoms with Crippen LogP contribution in [0.3, 0.4) is 0 Å². The lowest BCUT2D eigenvalue weighted by Crippen LogP contribution is -2.42. The van der Waals surface area contributed by atoms with Gasteiger partial charge in [-0.25, -0.2) is 4.39 Å². The molecule has 2 aromatic rings. The van der Waals surface area contributed by atoms with Gasteiger partial charge in [0.1, 0.15) is 23.0 Å². The number of carbonyl (C=O) groups is 3. The van der Waals surface area contributed by atoms with Crippen LogP contribution in [0.2, 0.25) is 0 Å². The van der Waals surface area contributed by atoms with Crippen molar-refractivity contribution in [3.05, 3.63) is 58.7 Å². The van der Waals surface area contributed by atoms with Gasteiger partial charge in [0.05, 0.1) is 11.0 Å². The molecule has 0 fully saturated rings. The molecule has 1 aromatic carbocycles. The number of nitrogens with one attached hydrogen (secondary N) is 1. The fourth-order valence-electron chi connectivity index (χ4n) is 3.24. The van der Waals surface area contributed by atoms with Gasteiger partial charge in [0.2, 0.25) is 0 Å². The third-order valence-corrected chi connectivity index (χ3v) is 5.17. The van der Waals surface area contributed by atoms with E-state index in [1.807, 2.05) is 0 Å². The van der Waals surface area contributed by atoms with Crippen molar-refractivity contribution in [1.29, 1.82) is 0 Å². The number of ether oxygens (including phenoxy) is 1. The van der Waals surface area contributed by atoms with Crippen molar-refractivity contribution in [2.75, 3.05) is 0 Å². The molecule has 1 N–H and O–H groups in total. The number of aromatic nitrogens is 1. The molecular weight excluding hydrogens is 399 g/mol. The first-order chi connectivity index (χ1) is 14.4. The Hall–Kier alpha value is -3.53. The van der Waals surface area contributed by atoms with Crippen LogP contribution < -0.4 is 10.1 Å². The molecule has 0 saturated heterocycles. The summed E-state index contributed by atoms with van der Waals surface area (Å²) in [4.78, 5) is 40.9. The van der Waals surface area contributed by atoms with E-state index in [2.05, 4.69) is 16.2 Å². The van der Waals surface area contributed by atoms with E-state index >= 15 is 0 Å². The molecule has 0 bridgehead atoms. The Morgan fingerprint density at radius 2 is 1.97 bits per heavy atom. The highest BCUT2D eigenvalue weighted by atomic mass is 19.1. The van der Waals surface area contributed by atoms with Gasteiger partial charge in [-0.05, 0) is 63.1 Å². The fraction of sp³-hybridized carbons (Fsp3) is 0.333. The Morgan fingerprint density at radius 3 is 2.65 bits per heavy atom. The van der Waals surface area contributed by atoms with Gasteiger partial charge in [-0.3, -0.25) is 19.4 Å². The average molecular weight is 422 g/mol. The number of nitrogens with zero attached hydrogens (tertiary/aromatic N) is 1. The molecule has 0 radical (unpaired) electrons. The zero-order valence-corrected chi connectivity index (χ0v) is 17.8. The van der Waals surface area contributed by atoms with Gasteiger partial charge in [-0.15, -0.1) is 6.42 Å². The van der Waals surface area contributed by atoms with E-state index in [0.717, 1.165) is 0 Å². The molecule has 0 unspecified atom stereocenters. The average Bonchev–Trinajstić information content (AvgIpc) is 2.90. The number of rotatable bonds is 6. The molecule has 160 valence electrons. The first kappa shape index (κ1) is 22.2. The molecule has 3 rings (SSSR count). The normalized spacial score (nSPS) is 14.4. The van der Waals surface area contributed by atoms with Crippen LogP contribution in [-0.2, 0) is 27.8 Å². The second kappa shape index (κ2) is 7.95. The second-order valence-corrected chi connectivity index (χ2v) is 8.62. The maximum Gasteiger partial charge on any atom is 0.321 e. The number of esters is 1. The molecule has 0 saturated carbocycles. The molecule has 0 spiro atoms. The molecule has 1 amide bonds.